The summed E-state index contributed by atoms with van der Waals surface area (Å²) >= 11 is 0. The number of nitrogens with two attached hydrogens (primary N) is 1. The van der Waals surface area contributed by atoms with Gasteiger partial charge in [0, 0.05) is 24.7 Å². The van der Waals surface area contributed by atoms with Crippen LogP contribution in [0, 0.1) is 5.92 Å². The number of hydrogen-bond acceptors (Lipinski definition) is 3. The Morgan fingerprint density at radius 3 is 2.88 bits per heavy atom. The summed E-state index contributed by atoms with van der Waals surface area (Å²) < 4.78 is 5.35. The van der Waals surface area contributed by atoms with E-state index in [1.54, 1.807) is 7.11 Å². The molecule has 1 heterocycles. The van der Waals surface area contributed by atoms with E-state index in [1.165, 1.54) is 19.5 Å². The highest BCUT2D eigenvalue weighted by molar-refractivity contribution is 5.35. The van der Waals surface area contributed by atoms with Gasteiger partial charge in [0.1, 0.15) is 5.75 Å². The lowest BCUT2D eigenvalue weighted by Gasteiger charge is -2.22. The molecule has 17 heavy (non-hydrogen) atoms. The van der Waals surface area contributed by atoms with E-state index in [-0.39, 0.29) is 6.04 Å². The van der Waals surface area contributed by atoms with E-state index in [0.29, 0.717) is 0 Å². The van der Waals surface area contributed by atoms with Gasteiger partial charge in [-0.2, -0.15) is 0 Å². The van der Waals surface area contributed by atoms with Crippen molar-refractivity contribution < 1.29 is 4.74 Å². The number of para-hydroxylation sites is 1. The minimum atomic E-state index is 0.0384. The van der Waals surface area contributed by atoms with Crippen molar-refractivity contribution in [2.24, 2.45) is 11.7 Å². The molecule has 0 amide bonds. The van der Waals surface area contributed by atoms with Crippen molar-refractivity contribution in [3.05, 3.63) is 29.8 Å². The molecule has 0 saturated carbocycles. The number of ether oxygens (including phenoxy) is 1. The van der Waals surface area contributed by atoms with Crippen LogP contribution in [0.15, 0.2) is 24.3 Å². The highest BCUT2D eigenvalue weighted by Crippen LogP contribution is 2.25. The number of methoxy groups -OCH3 is 1. The van der Waals surface area contributed by atoms with Crippen LogP contribution < -0.4 is 10.5 Å². The van der Waals surface area contributed by atoms with Crippen LogP contribution >= 0.6 is 0 Å². The molecular weight excluding hydrogens is 212 g/mol. The molecule has 0 bridgehead atoms. The molecule has 2 atom stereocenters. The topological polar surface area (TPSA) is 38.5 Å². The summed E-state index contributed by atoms with van der Waals surface area (Å²) in [5, 5.41) is 0. The molecule has 2 unspecified atom stereocenters. The fourth-order valence-electron chi connectivity index (χ4n) is 2.54. The summed E-state index contributed by atoms with van der Waals surface area (Å²) in [6.07, 6.45) is 1.29. The zero-order valence-electron chi connectivity index (χ0n) is 10.7. The first-order valence-corrected chi connectivity index (χ1v) is 6.31. The summed E-state index contributed by atoms with van der Waals surface area (Å²) in [4.78, 5) is 2.45. The molecule has 0 spiro atoms. The molecule has 0 aliphatic carbocycles. The normalized spacial score (nSPS) is 22.6. The van der Waals surface area contributed by atoms with Crippen LogP contribution in [0.1, 0.15) is 24.9 Å². The number of benzene rings is 1. The van der Waals surface area contributed by atoms with Gasteiger partial charge in [-0.05, 0) is 24.9 Å². The molecule has 3 heteroatoms. The fraction of sp³-hybridized carbons (Fsp3) is 0.571. The van der Waals surface area contributed by atoms with Crippen molar-refractivity contribution in [3.8, 4) is 5.75 Å². The first-order chi connectivity index (χ1) is 8.20. The van der Waals surface area contributed by atoms with Crippen LogP contribution in [-0.4, -0.2) is 31.6 Å². The molecule has 1 aliphatic heterocycles. The van der Waals surface area contributed by atoms with Crippen LogP contribution in [0.4, 0.5) is 0 Å². The van der Waals surface area contributed by atoms with Gasteiger partial charge >= 0.3 is 0 Å². The number of nitrogens with zero attached hydrogens (tertiary/aromatic N) is 1. The quantitative estimate of drug-likeness (QED) is 0.866. The zero-order valence-corrected chi connectivity index (χ0v) is 10.7. The molecule has 0 aromatic heterocycles. The molecule has 1 fully saturated rings. The van der Waals surface area contributed by atoms with Crippen molar-refractivity contribution in [1.82, 2.24) is 4.90 Å². The van der Waals surface area contributed by atoms with Gasteiger partial charge in [-0.1, -0.05) is 25.1 Å². The smallest absolute Gasteiger partial charge is 0.123 e. The molecule has 2 rings (SSSR count). The molecule has 1 aromatic carbocycles. The van der Waals surface area contributed by atoms with Gasteiger partial charge in [-0.3, -0.25) is 0 Å². The third-order valence-electron chi connectivity index (χ3n) is 3.50. The van der Waals surface area contributed by atoms with Gasteiger partial charge in [0.25, 0.3) is 0 Å². The Morgan fingerprint density at radius 1 is 1.47 bits per heavy atom. The molecule has 94 valence electrons. The van der Waals surface area contributed by atoms with Crippen molar-refractivity contribution in [1.29, 1.82) is 0 Å². The van der Waals surface area contributed by atoms with Gasteiger partial charge in [0.2, 0.25) is 0 Å². The Kier molecular flexibility index (Phi) is 4.02. The average molecular weight is 234 g/mol. The maximum atomic E-state index is 6.27. The van der Waals surface area contributed by atoms with E-state index in [2.05, 4.69) is 17.9 Å². The number of likely N-dealkylation sites (tertiary alicyclic amines) is 1. The monoisotopic (exact) mass is 234 g/mol. The van der Waals surface area contributed by atoms with Crippen LogP contribution in [0.3, 0.4) is 0 Å². The fourth-order valence-corrected chi connectivity index (χ4v) is 2.54. The minimum Gasteiger partial charge on any atom is -0.496 e. The van der Waals surface area contributed by atoms with E-state index in [1.807, 2.05) is 18.2 Å². The van der Waals surface area contributed by atoms with Gasteiger partial charge in [-0.15, -0.1) is 0 Å². The summed E-state index contributed by atoms with van der Waals surface area (Å²) in [7, 11) is 1.70. The maximum absolute atomic E-state index is 6.27. The molecular formula is C14H22N2O. The van der Waals surface area contributed by atoms with E-state index in [0.717, 1.165) is 23.8 Å². The lowest BCUT2D eigenvalue weighted by atomic mass is 10.1. The molecule has 3 nitrogen and oxygen atoms in total. The second-order valence-corrected chi connectivity index (χ2v) is 5.00. The summed E-state index contributed by atoms with van der Waals surface area (Å²) in [5.74, 6) is 1.70. The standard InChI is InChI=1S/C14H22N2O/c1-11-7-8-16(9-11)10-13(15)12-5-3-4-6-14(12)17-2/h3-6,11,13H,7-10,15H2,1-2H3. The highest BCUT2D eigenvalue weighted by atomic mass is 16.5. The third-order valence-corrected chi connectivity index (χ3v) is 3.50. The number of rotatable bonds is 4. The summed E-state index contributed by atoms with van der Waals surface area (Å²) in [6.45, 7) is 5.56. The van der Waals surface area contributed by atoms with Crippen LogP contribution in [0.25, 0.3) is 0 Å². The molecule has 1 aromatic rings. The lowest BCUT2D eigenvalue weighted by molar-refractivity contribution is 0.302. The first kappa shape index (κ1) is 12.4. The van der Waals surface area contributed by atoms with Crippen molar-refractivity contribution in [2.75, 3.05) is 26.7 Å². The Hall–Kier alpha value is -1.06. The SMILES string of the molecule is COc1ccccc1C(N)CN1CCC(C)C1. The Labute approximate surface area is 104 Å². The minimum absolute atomic E-state index is 0.0384. The first-order valence-electron chi connectivity index (χ1n) is 6.31. The second-order valence-electron chi connectivity index (χ2n) is 5.00. The van der Waals surface area contributed by atoms with Gasteiger partial charge in [-0.25, -0.2) is 0 Å². The highest BCUT2D eigenvalue weighted by Gasteiger charge is 2.22. The Balaban J connectivity index is 2.01. The molecule has 1 saturated heterocycles. The van der Waals surface area contributed by atoms with Crippen LogP contribution in [0.5, 0.6) is 5.75 Å². The predicted molar refractivity (Wildman–Crippen MR) is 70.1 cm³/mol. The van der Waals surface area contributed by atoms with Crippen molar-refractivity contribution in [3.63, 3.8) is 0 Å². The van der Waals surface area contributed by atoms with Gasteiger partial charge < -0.3 is 15.4 Å². The van der Waals surface area contributed by atoms with Gasteiger partial charge in [0.15, 0.2) is 0 Å². The molecule has 1 aliphatic rings. The van der Waals surface area contributed by atoms with Gasteiger partial charge in [0.05, 0.1) is 7.11 Å². The largest absolute Gasteiger partial charge is 0.496 e. The molecule has 2 N–H and O–H groups in total. The zero-order chi connectivity index (χ0) is 12.3. The average Bonchev–Trinajstić information content (AvgIpc) is 2.74. The van der Waals surface area contributed by atoms with Crippen molar-refractivity contribution >= 4 is 0 Å². The Bertz CT molecular complexity index is 367. The van der Waals surface area contributed by atoms with Crippen LogP contribution in [0.2, 0.25) is 0 Å². The maximum Gasteiger partial charge on any atom is 0.123 e. The number of hydrogen-bond donors (Lipinski definition) is 1. The lowest BCUT2D eigenvalue weighted by Crippen LogP contribution is -2.30. The van der Waals surface area contributed by atoms with E-state index >= 15 is 0 Å². The molecule has 0 radical (unpaired) electrons. The predicted octanol–water partition coefficient (Wildman–Crippen LogP) is 2.04. The Morgan fingerprint density at radius 2 is 2.24 bits per heavy atom. The second kappa shape index (κ2) is 5.52. The van der Waals surface area contributed by atoms with Crippen molar-refractivity contribution in [2.45, 2.75) is 19.4 Å². The van der Waals surface area contributed by atoms with E-state index in [4.69, 9.17) is 10.5 Å². The van der Waals surface area contributed by atoms with E-state index in [9.17, 15) is 0 Å². The van der Waals surface area contributed by atoms with Crippen LogP contribution in [-0.2, 0) is 0 Å². The summed E-state index contributed by atoms with van der Waals surface area (Å²) in [6, 6.07) is 8.07. The summed E-state index contributed by atoms with van der Waals surface area (Å²) in [5.41, 5.74) is 7.38. The third kappa shape index (κ3) is 2.99. The van der Waals surface area contributed by atoms with E-state index < -0.39 is 0 Å².